The van der Waals surface area contributed by atoms with E-state index < -0.39 is 0 Å². The van der Waals surface area contributed by atoms with Gasteiger partial charge in [-0.25, -0.2) is 9.18 Å². The third-order valence-electron chi connectivity index (χ3n) is 3.99. The van der Waals surface area contributed by atoms with Gasteiger partial charge >= 0.3 is 6.03 Å². The molecule has 1 aliphatic heterocycles. The number of carbonyl (C=O) groups excluding carboxylic acids is 1. The first-order valence-electron chi connectivity index (χ1n) is 7.93. The van der Waals surface area contributed by atoms with Crippen LogP contribution < -0.4 is 5.32 Å². The van der Waals surface area contributed by atoms with E-state index in [0.29, 0.717) is 26.2 Å². The molecule has 0 radical (unpaired) electrons. The standard InChI is InChI=1S/C18H20FN3O2/c1-13-5-6-14(10-20-13)11-21-18(23)22-7-8-24-17(12-22)15-3-2-4-16(19)9-15/h2-6,9-10,17H,7-8,11-12H2,1H3,(H,21,23). The van der Waals surface area contributed by atoms with Crippen LogP contribution in [0.5, 0.6) is 0 Å². The van der Waals surface area contributed by atoms with Crippen LogP contribution in [0.1, 0.15) is 22.9 Å². The number of amides is 2. The zero-order valence-corrected chi connectivity index (χ0v) is 13.5. The number of nitrogens with zero attached hydrogens (tertiary/aromatic N) is 2. The van der Waals surface area contributed by atoms with Crippen molar-refractivity contribution >= 4 is 6.03 Å². The lowest BCUT2D eigenvalue weighted by molar-refractivity contribution is -0.0156. The third kappa shape index (κ3) is 4.08. The number of benzene rings is 1. The maximum atomic E-state index is 13.4. The number of hydrogen-bond donors (Lipinski definition) is 1. The Hall–Kier alpha value is -2.47. The Balaban J connectivity index is 1.57. The van der Waals surface area contributed by atoms with Crippen molar-refractivity contribution in [2.75, 3.05) is 19.7 Å². The molecule has 2 aromatic rings. The van der Waals surface area contributed by atoms with Crippen LogP contribution >= 0.6 is 0 Å². The minimum absolute atomic E-state index is 0.153. The first kappa shape index (κ1) is 16.4. The number of morpholine rings is 1. The zero-order chi connectivity index (χ0) is 16.9. The SMILES string of the molecule is Cc1ccc(CNC(=O)N2CCOC(c3cccc(F)c3)C2)cn1. The average molecular weight is 329 g/mol. The summed E-state index contributed by atoms with van der Waals surface area (Å²) in [5.41, 5.74) is 2.63. The van der Waals surface area contributed by atoms with Crippen molar-refractivity contribution in [3.63, 3.8) is 0 Å². The molecule has 2 amide bonds. The molecule has 1 aliphatic rings. The Morgan fingerprint density at radius 3 is 3.04 bits per heavy atom. The van der Waals surface area contributed by atoms with Crippen molar-refractivity contribution in [2.45, 2.75) is 19.6 Å². The summed E-state index contributed by atoms with van der Waals surface area (Å²) < 4.78 is 19.0. The molecule has 1 fully saturated rings. The second kappa shape index (κ2) is 7.40. The number of nitrogens with one attached hydrogen (secondary N) is 1. The fourth-order valence-corrected chi connectivity index (χ4v) is 2.63. The van der Waals surface area contributed by atoms with E-state index in [2.05, 4.69) is 10.3 Å². The summed E-state index contributed by atoms with van der Waals surface area (Å²) in [5, 5.41) is 2.89. The summed E-state index contributed by atoms with van der Waals surface area (Å²) in [6, 6.07) is 10.0. The van der Waals surface area contributed by atoms with Gasteiger partial charge in [-0.2, -0.15) is 0 Å². The van der Waals surface area contributed by atoms with Gasteiger partial charge in [0.05, 0.1) is 13.2 Å². The van der Waals surface area contributed by atoms with Gasteiger partial charge in [-0.3, -0.25) is 4.98 Å². The summed E-state index contributed by atoms with van der Waals surface area (Å²) in [5.74, 6) is -0.301. The number of pyridine rings is 1. The quantitative estimate of drug-likeness (QED) is 0.942. The molecule has 0 bridgehead atoms. The van der Waals surface area contributed by atoms with Gasteiger partial charge in [0, 0.05) is 25.0 Å². The zero-order valence-electron chi connectivity index (χ0n) is 13.5. The molecule has 0 aliphatic carbocycles. The van der Waals surface area contributed by atoms with Crippen molar-refractivity contribution in [2.24, 2.45) is 0 Å². The summed E-state index contributed by atoms with van der Waals surface area (Å²) in [7, 11) is 0. The summed E-state index contributed by atoms with van der Waals surface area (Å²) >= 11 is 0. The molecule has 0 saturated carbocycles. The summed E-state index contributed by atoms with van der Waals surface area (Å²) in [4.78, 5) is 18.3. The molecular formula is C18H20FN3O2. The van der Waals surface area contributed by atoms with Crippen LogP contribution in [-0.2, 0) is 11.3 Å². The number of aromatic nitrogens is 1. The lowest BCUT2D eigenvalue weighted by atomic mass is 10.1. The predicted molar refractivity (Wildman–Crippen MR) is 87.9 cm³/mol. The van der Waals surface area contributed by atoms with Gasteiger partial charge in [-0.15, -0.1) is 0 Å². The molecule has 1 unspecified atom stereocenters. The van der Waals surface area contributed by atoms with Gasteiger partial charge in [0.25, 0.3) is 0 Å². The molecule has 3 rings (SSSR count). The maximum absolute atomic E-state index is 13.4. The van der Waals surface area contributed by atoms with Crippen molar-refractivity contribution in [3.05, 3.63) is 65.2 Å². The Morgan fingerprint density at radius 1 is 1.42 bits per heavy atom. The van der Waals surface area contributed by atoms with Gasteiger partial charge in [-0.1, -0.05) is 18.2 Å². The van der Waals surface area contributed by atoms with Gasteiger partial charge in [0.1, 0.15) is 11.9 Å². The van der Waals surface area contributed by atoms with Gasteiger partial charge in [0.2, 0.25) is 0 Å². The molecule has 1 N–H and O–H groups in total. The second-order valence-electron chi connectivity index (χ2n) is 5.83. The molecule has 24 heavy (non-hydrogen) atoms. The second-order valence-corrected chi connectivity index (χ2v) is 5.83. The Labute approximate surface area is 140 Å². The first-order valence-corrected chi connectivity index (χ1v) is 7.93. The predicted octanol–water partition coefficient (Wildman–Crippen LogP) is 2.81. The summed E-state index contributed by atoms with van der Waals surface area (Å²) in [6.07, 6.45) is 1.45. The minimum Gasteiger partial charge on any atom is -0.370 e. The highest BCUT2D eigenvalue weighted by atomic mass is 19.1. The van der Waals surface area contributed by atoms with E-state index in [1.807, 2.05) is 25.1 Å². The van der Waals surface area contributed by atoms with E-state index in [4.69, 9.17) is 4.74 Å². The fraction of sp³-hybridized carbons (Fsp3) is 0.333. The first-order chi connectivity index (χ1) is 11.6. The van der Waals surface area contributed by atoms with E-state index in [0.717, 1.165) is 16.8 Å². The van der Waals surface area contributed by atoms with Crippen molar-refractivity contribution in [1.29, 1.82) is 0 Å². The van der Waals surface area contributed by atoms with Gasteiger partial charge in [-0.05, 0) is 36.2 Å². The number of aryl methyl sites for hydroxylation is 1. The van der Waals surface area contributed by atoms with E-state index >= 15 is 0 Å². The molecule has 2 heterocycles. The highest BCUT2D eigenvalue weighted by Gasteiger charge is 2.25. The molecule has 0 spiro atoms. The highest BCUT2D eigenvalue weighted by Crippen LogP contribution is 2.22. The van der Waals surface area contributed by atoms with E-state index in [1.165, 1.54) is 12.1 Å². The van der Waals surface area contributed by atoms with Crippen molar-refractivity contribution in [1.82, 2.24) is 15.2 Å². The van der Waals surface area contributed by atoms with Crippen molar-refractivity contribution < 1.29 is 13.9 Å². The third-order valence-corrected chi connectivity index (χ3v) is 3.99. The largest absolute Gasteiger partial charge is 0.370 e. The van der Waals surface area contributed by atoms with Crippen LogP contribution in [0.4, 0.5) is 9.18 Å². The van der Waals surface area contributed by atoms with E-state index in [-0.39, 0.29) is 18.0 Å². The lowest BCUT2D eigenvalue weighted by Crippen LogP contribution is -2.47. The van der Waals surface area contributed by atoms with Crippen molar-refractivity contribution in [3.8, 4) is 0 Å². The Morgan fingerprint density at radius 2 is 2.29 bits per heavy atom. The monoisotopic (exact) mass is 329 g/mol. The molecule has 6 heteroatoms. The molecule has 1 aromatic heterocycles. The molecule has 126 valence electrons. The molecular weight excluding hydrogens is 309 g/mol. The van der Waals surface area contributed by atoms with Crippen LogP contribution in [0.15, 0.2) is 42.6 Å². The maximum Gasteiger partial charge on any atom is 0.317 e. The van der Waals surface area contributed by atoms with Gasteiger partial charge < -0.3 is 15.0 Å². The molecule has 1 atom stereocenters. The highest BCUT2D eigenvalue weighted by molar-refractivity contribution is 5.74. The van der Waals surface area contributed by atoms with E-state index in [9.17, 15) is 9.18 Å². The number of halogens is 1. The van der Waals surface area contributed by atoms with Gasteiger partial charge in [0.15, 0.2) is 0 Å². The van der Waals surface area contributed by atoms with Crippen LogP contribution in [0.3, 0.4) is 0 Å². The van der Waals surface area contributed by atoms with Crippen LogP contribution in [0.2, 0.25) is 0 Å². The molecule has 5 nitrogen and oxygen atoms in total. The van der Waals surface area contributed by atoms with E-state index in [1.54, 1.807) is 17.2 Å². The Bertz CT molecular complexity index is 706. The minimum atomic E-state index is -0.304. The number of ether oxygens (including phenoxy) is 1. The van der Waals surface area contributed by atoms with Crippen LogP contribution in [0, 0.1) is 12.7 Å². The fourth-order valence-electron chi connectivity index (χ4n) is 2.63. The van der Waals surface area contributed by atoms with Crippen LogP contribution in [0.25, 0.3) is 0 Å². The van der Waals surface area contributed by atoms with Crippen LogP contribution in [-0.4, -0.2) is 35.6 Å². The number of hydrogen-bond acceptors (Lipinski definition) is 3. The molecule has 1 saturated heterocycles. The molecule has 1 aromatic carbocycles. The number of urea groups is 1. The number of rotatable bonds is 3. The smallest absolute Gasteiger partial charge is 0.317 e. The number of carbonyl (C=O) groups is 1. The Kier molecular flexibility index (Phi) is 5.05. The lowest BCUT2D eigenvalue weighted by Gasteiger charge is -2.33. The topological polar surface area (TPSA) is 54.5 Å². The average Bonchev–Trinajstić information content (AvgIpc) is 2.61. The summed E-state index contributed by atoms with van der Waals surface area (Å²) in [6.45, 7) is 3.70. The normalized spacial score (nSPS) is 17.6.